The number of hydrogen-bond acceptors (Lipinski definition) is 5. The molecule has 2 aromatic rings. The maximum absolute atomic E-state index is 9.77. The molecule has 0 unspecified atom stereocenters. The molecule has 2 aromatic carbocycles. The van der Waals surface area contributed by atoms with E-state index in [0.29, 0.717) is 11.8 Å². The number of aryl methyl sites for hydroxylation is 1. The van der Waals surface area contributed by atoms with Crippen molar-refractivity contribution < 1.29 is 14.9 Å². The second-order valence-corrected chi connectivity index (χ2v) is 7.36. The number of nitrogens with zero attached hydrogens (tertiary/aromatic N) is 2. The Morgan fingerprint density at radius 3 is 2.48 bits per heavy atom. The number of piperazine rings is 1. The molecule has 1 aliphatic rings. The molecule has 0 amide bonds. The van der Waals surface area contributed by atoms with Gasteiger partial charge in [-0.2, -0.15) is 0 Å². The molecule has 146 valence electrons. The van der Waals surface area contributed by atoms with Crippen LogP contribution in [0, 0.1) is 6.92 Å². The van der Waals surface area contributed by atoms with Crippen molar-refractivity contribution in [2.24, 2.45) is 0 Å². The van der Waals surface area contributed by atoms with E-state index in [1.807, 2.05) is 12.1 Å². The summed E-state index contributed by atoms with van der Waals surface area (Å²) in [7, 11) is 1.57. The number of benzene rings is 2. The number of hydrogen-bond donors (Lipinski definition) is 2. The molecule has 0 aromatic heterocycles. The van der Waals surface area contributed by atoms with Crippen LogP contribution in [0.3, 0.4) is 0 Å². The zero-order chi connectivity index (χ0) is 19.2. The Morgan fingerprint density at radius 1 is 1.04 bits per heavy atom. The molecule has 1 fully saturated rings. The van der Waals surface area contributed by atoms with Crippen molar-refractivity contribution in [1.82, 2.24) is 9.80 Å². The van der Waals surface area contributed by atoms with Gasteiger partial charge in [0.25, 0.3) is 0 Å². The average Bonchev–Trinajstić information content (AvgIpc) is 2.67. The molecule has 2 N–H and O–H groups in total. The van der Waals surface area contributed by atoms with Gasteiger partial charge >= 0.3 is 0 Å². The number of phenols is 1. The molecule has 3 rings (SSSR count). The molecule has 0 saturated carbocycles. The number of phenolic OH excluding ortho intramolecular Hbond substituents is 1. The van der Waals surface area contributed by atoms with Crippen molar-refractivity contribution in [3.05, 3.63) is 59.2 Å². The van der Waals surface area contributed by atoms with E-state index in [-0.39, 0.29) is 12.4 Å². The maximum atomic E-state index is 9.77. The zero-order valence-electron chi connectivity index (χ0n) is 16.3. The molecule has 5 heteroatoms. The van der Waals surface area contributed by atoms with Crippen LogP contribution in [0.25, 0.3) is 0 Å². The van der Waals surface area contributed by atoms with Crippen LogP contribution in [-0.4, -0.2) is 59.4 Å². The summed E-state index contributed by atoms with van der Waals surface area (Å²) in [4.78, 5) is 4.90. The highest BCUT2D eigenvalue weighted by Gasteiger charge is 2.26. The molecular formula is C22H30N2O3. The third-order valence-electron chi connectivity index (χ3n) is 5.31. The topological polar surface area (TPSA) is 56.2 Å². The summed E-state index contributed by atoms with van der Waals surface area (Å²) in [6.07, 6.45) is 0.779. The molecular weight excluding hydrogens is 340 g/mol. The van der Waals surface area contributed by atoms with Gasteiger partial charge in [0, 0.05) is 45.4 Å². The van der Waals surface area contributed by atoms with E-state index in [4.69, 9.17) is 4.74 Å². The summed E-state index contributed by atoms with van der Waals surface area (Å²) < 4.78 is 5.22. The first kappa shape index (κ1) is 19.7. The van der Waals surface area contributed by atoms with E-state index >= 15 is 0 Å². The van der Waals surface area contributed by atoms with Crippen LogP contribution in [0.1, 0.15) is 23.1 Å². The van der Waals surface area contributed by atoms with E-state index < -0.39 is 0 Å². The van der Waals surface area contributed by atoms with Gasteiger partial charge in [0.15, 0.2) is 11.5 Å². The molecule has 1 aliphatic heterocycles. The Balaban J connectivity index is 1.63. The van der Waals surface area contributed by atoms with Gasteiger partial charge in [0.2, 0.25) is 0 Å². The van der Waals surface area contributed by atoms with Crippen LogP contribution in [-0.2, 0) is 13.1 Å². The van der Waals surface area contributed by atoms with Gasteiger partial charge in [-0.05, 0) is 36.6 Å². The lowest BCUT2D eigenvalue weighted by Crippen LogP contribution is -2.52. The Bertz CT molecular complexity index is 733. The molecule has 1 saturated heterocycles. The van der Waals surface area contributed by atoms with Gasteiger partial charge in [0.05, 0.1) is 7.11 Å². The molecule has 1 atom stereocenters. The van der Waals surface area contributed by atoms with E-state index in [2.05, 4.69) is 41.0 Å². The predicted molar refractivity (Wildman–Crippen MR) is 107 cm³/mol. The number of rotatable bonds is 7. The summed E-state index contributed by atoms with van der Waals surface area (Å²) in [6, 6.07) is 14.6. The molecule has 1 heterocycles. The monoisotopic (exact) mass is 370 g/mol. The van der Waals surface area contributed by atoms with Gasteiger partial charge in [-0.1, -0.05) is 35.9 Å². The summed E-state index contributed by atoms with van der Waals surface area (Å²) in [5.74, 6) is 0.680. The smallest absolute Gasteiger partial charge is 0.160 e. The van der Waals surface area contributed by atoms with E-state index in [9.17, 15) is 10.2 Å². The molecule has 5 nitrogen and oxygen atoms in total. The minimum absolute atomic E-state index is 0.169. The Morgan fingerprint density at radius 2 is 1.78 bits per heavy atom. The summed E-state index contributed by atoms with van der Waals surface area (Å²) in [5.41, 5.74) is 3.72. The fourth-order valence-electron chi connectivity index (χ4n) is 3.74. The van der Waals surface area contributed by atoms with Crippen LogP contribution in [0.5, 0.6) is 11.5 Å². The van der Waals surface area contributed by atoms with Crippen LogP contribution in [0.2, 0.25) is 0 Å². The zero-order valence-corrected chi connectivity index (χ0v) is 16.3. The number of aliphatic hydroxyl groups excluding tert-OH is 1. The fourth-order valence-corrected chi connectivity index (χ4v) is 3.74. The molecule has 0 radical (unpaired) electrons. The van der Waals surface area contributed by atoms with Gasteiger partial charge in [-0.3, -0.25) is 9.80 Å². The minimum atomic E-state index is 0.169. The van der Waals surface area contributed by atoms with E-state index in [0.717, 1.165) is 44.7 Å². The van der Waals surface area contributed by atoms with Gasteiger partial charge < -0.3 is 14.9 Å². The number of methoxy groups -OCH3 is 1. The van der Waals surface area contributed by atoms with Crippen LogP contribution < -0.4 is 4.74 Å². The van der Waals surface area contributed by atoms with E-state index in [1.165, 1.54) is 11.1 Å². The molecule has 0 bridgehead atoms. The Kier molecular flexibility index (Phi) is 6.72. The van der Waals surface area contributed by atoms with Crippen LogP contribution in [0.15, 0.2) is 42.5 Å². The molecule has 27 heavy (non-hydrogen) atoms. The first-order valence-corrected chi connectivity index (χ1v) is 9.57. The first-order chi connectivity index (χ1) is 13.1. The van der Waals surface area contributed by atoms with Crippen molar-refractivity contribution in [1.29, 1.82) is 0 Å². The highest BCUT2D eigenvalue weighted by atomic mass is 16.5. The van der Waals surface area contributed by atoms with Crippen molar-refractivity contribution in [2.45, 2.75) is 32.5 Å². The lowest BCUT2D eigenvalue weighted by atomic mass is 10.1. The Hall–Kier alpha value is -2.08. The Labute approximate surface area is 161 Å². The summed E-state index contributed by atoms with van der Waals surface area (Å²) >= 11 is 0. The third kappa shape index (κ3) is 5.22. The molecule has 0 aliphatic carbocycles. The lowest BCUT2D eigenvalue weighted by molar-refractivity contribution is 0.0499. The van der Waals surface area contributed by atoms with Crippen molar-refractivity contribution in [3.63, 3.8) is 0 Å². The number of aromatic hydroxyl groups is 1. The normalized spacial score (nSPS) is 18.6. The quantitative estimate of drug-likeness (QED) is 0.785. The molecule has 0 spiro atoms. The summed E-state index contributed by atoms with van der Waals surface area (Å²) in [6.45, 7) is 6.94. The van der Waals surface area contributed by atoms with E-state index in [1.54, 1.807) is 13.2 Å². The lowest BCUT2D eigenvalue weighted by Gasteiger charge is -2.41. The van der Waals surface area contributed by atoms with Crippen LogP contribution >= 0.6 is 0 Å². The second kappa shape index (κ2) is 9.22. The van der Waals surface area contributed by atoms with Gasteiger partial charge in [0.1, 0.15) is 0 Å². The van der Waals surface area contributed by atoms with Crippen molar-refractivity contribution in [2.75, 3.05) is 33.4 Å². The largest absolute Gasteiger partial charge is 0.504 e. The third-order valence-corrected chi connectivity index (χ3v) is 5.31. The van der Waals surface area contributed by atoms with Crippen molar-refractivity contribution >= 4 is 0 Å². The highest BCUT2D eigenvalue weighted by molar-refractivity contribution is 5.41. The standard InChI is InChI=1S/C22H30N2O3/c1-17-3-5-18(6-4-17)15-24-11-10-23(16-20(24)9-12-25)14-19-7-8-21(26)22(13-19)27-2/h3-8,13,20,25-26H,9-12,14-16H2,1-2H3/t20-/m1/s1. The van der Waals surface area contributed by atoms with Gasteiger partial charge in [-0.15, -0.1) is 0 Å². The number of aliphatic hydroxyl groups is 1. The minimum Gasteiger partial charge on any atom is -0.504 e. The fraction of sp³-hybridized carbons (Fsp3) is 0.455. The van der Waals surface area contributed by atoms with Gasteiger partial charge in [-0.25, -0.2) is 0 Å². The second-order valence-electron chi connectivity index (χ2n) is 7.36. The number of ether oxygens (including phenoxy) is 1. The van der Waals surface area contributed by atoms with Crippen LogP contribution in [0.4, 0.5) is 0 Å². The first-order valence-electron chi connectivity index (χ1n) is 9.57. The average molecular weight is 370 g/mol. The SMILES string of the molecule is COc1cc(CN2CCN(Cc3ccc(C)cc3)[C@H](CCO)C2)ccc1O. The summed E-state index contributed by atoms with van der Waals surface area (Å²) in [5, 5.41) is 19.3. The predicted octanol–water partition coefficient (Wildman–Crippen LogP) is 2.78. The van der Waals surface area contributed by atoms with Crippen molar-refractivity contribution in [3.8, 4) is 11.5 Å². The highest BCUT2D eigenvalue weighted by Crippen LogP contribution is 2.27. The maximum Gasteiger partial charge on any atom is 0.160 e.